The first kappa shape index (κ1) is 16.0. The molecule has 0 aliphatic carbocycles. The summed E-state index contributed by atoms with van der Waals surface area (Å²) in [6.45, 7) is 2.45. The molecule has 0 spiro atoms. The zero-order chi connectivity index (χ0) is 16.3. The minimum absolute atomic E-state index is 0.0365. The van der Waals surface area contributed by atoms with E-state index >= 15 is 0 Å². The summed E-state index contributed by atoms with van der Waals surface area (Å²) in [6.07, 6.45) is 4.63. The van der Waals surface area contributed by atoms with Gasteiger partial charge in [-0.25, -0.2) is 18.2 Å². The quantitative estimate of drug-likeness (QED) is 0.842. The van der Waals surface area contributed by atoms with Crippen LogP contribution in [0.15, 0.2) is 18.3 Å². The van der Waals surface area contributed by atoms with Gasteiger partial charge < -0.3 is 15.5 Å². The molecule has 23 heavy (non-hydrogen) atoms. The number of nitrogens with one attached hydrogen (secondary N) is 2. The van der Waals surface area contributed by atoms with Crippen LogP contribution in [0.5, 0.6) is 0 Å². The van der Waals surface area contributed by atoms with Crippen LogP contribution in [0, 0.1) is 0 Å². The van der Waals surface area contributed by atoms with E-state index in [0.717, 1.165) is 24.5 Å². The largest absolute Gasteiger partial charge is 0.357 e. The Morgan fingerprint density at radius 1 is 1.35 bits per heavy atom. The minimum atomic E-state index is -2.98. The molecule has 1 aromatic rings. The van der Waals surface area contributed by atoms with E-state index in [1.54, 1.807) is 6.20 Å². The second kappa shape index (κ2) is 6.74. The summed E-state index contributed by atoms with van der Waals surface area (Å²) in [5, 5.41) is 5.50. The van der Waals surface area contributed by atoms with Crippen LogP contribution in [-0.4, -0.2) is 50.1 Å². The maximum Gasteiger partial charge on any atom is 0.315 e. The number of urea groups is 1. The number of aromatic nitrogens is 1. The van der Waals surface area contributed by atoms with Gasteiger partial charge in [0.25, 0.3) is 0 Å². The lowest BCUT2D eigenvalue weighted by Gasteiger charge is -2.17. The van der Waals surface area contributed by atoms with Crippen molar-refractivity contribution in [1.29, 1.82) is 0 Å². The van der Waals surface area contributed by atoms with Crippen molar-refractivity contribution >= 4 is 21.7 Å². The van der Waals surface area contributed by atoms with Gasteiger partial charge in [0.15, 0.2) is 9.84 Å². The number of carbonyl (C=O) groups excluding carboxylic acids is 1. The fourth-order valence-corrected chi connectivity index (χ4v) is 4.69. The Bertz CT molecular complexity index is 671. The standard InChI is InChI=1S/C15H22N4O3S/c20-15(18-13-4-8-23(21,22)11-13)17-10-12-3-5-16-14(9-12)19-6-1-2-7-19/h3,5,9,13H,1-2,4,6-8,10-11H2,(H2,17,18,20)/t13-/m1/s1. The van der Waals surface area contributed by atoms with Gasteiger partial charge in [-0.15, -0.1) is 0 Å². The highest BCUT2D eigenvalue weighted by Gasteiger charge is 2.28. The molecule has 8 heteroatoms. The number of pyridine rings is 1. The predicted octanol–water partition coefficient (Wildman–Crippen LogP) is 0.668. The van der Waals surface area contributed by atoms with Crippen LogP contribution in [0.25, 0.3) is 0 Å². The van der Waals surface area contributed by atoms with Gasteiger partial charge in [-0.2, -0.15) is 0 Å². The number of amides is 2. The topological polar surface area (TPSA) is 91.4 Å². The van der Waals surface area contributed by atoms with E-state index in [0.29, 0.717) is 13.0 Å². The van der Waals surface area contributed by atoms with Crippen molar-refractivity contribution in [3.63, 3.8) is 0 Å². The number of carbonyl (C=O) groups is 1. The van der Waals surface area contributed by atoms with Gasteiger partial charge in [-0.1, -0.05) is 0 Å². The molecule has 2 fully saturated rings. The average Bonchev–Trinajstić information content (AvgIpc) is 3.15. The maximum atomic E-state index is 11.9. The van der Waals surface area contributed by atoms with E-state index in [1.165, 1.54) is 12.8 Å². The summed E-state index contributed by atoms with van der Waals surface area (Å²) in [6, 6.07) is 3.26. The van der Waals surface area contributed by atoms with Gasteiger partial charge in [-0.05, 0) is 37.0 Å². The monoisotopic (exact) mass is 338 g/mol. The normalized spacial score (nSPS) is 23.0. The molecular weight excluding hydrogens is 316 g/mol. The number of hydrogen-bond acceptors (Lipinski definition) is 5. The van der Waals surface area contributed by atoms with E-state index in [9.17, 15) is 13.2 Å². The maximum absolute atomic E-state index is 11.9. The number of rotatable bonds is 4. The van der Waals surface area contributed by atoms with Crippen LogP contribution in [0.1, 0.15) is 24.8 Å². The van der Waals surface area contributed by atoms with Crippen LogP contribution in [-0.2, 0) is 16.4 Å². The van der Waals surface area contributed by atoms with Gasteiger partial charge in [0.05, 0.1) is 11.5 Å². The molecule has 0 unspecified atom stereocenters. The molecule has 2 N–H and O–H groups in total. The predicted molar refractivity (Wildman–Crippen MR) is 88.1 cm³/mol. The fourth-order valence-electron chi connectivity index (χ4n) is 3.02. The van der Waals surface area contributed by atoms with E-state index in [2.05, 4.69) is 20.5 Å². The SMILES string of the molecule is O=C(NCc1ccnc(N2CCCC2)c1)N[C@@H]1CCS(=O)(=O)C1. The first-order valence-electron chi connectivity index (χ1n) is 7.96. The summed E-state index contributed by atoms with van der Waals surface area (Å²) < 4.78 is 22.8. The molecule has 0 bridgehead atoms. The lowest BCUT2D eigenvalue weighted by Crippen LogP contribution is -2.42. The summed E-state index contributed by atoms with van der Waals surface area (Å²) in [7, 11) is -2.98. The molecule has 126 valence electrons. The Morgan fingerprint density at radius 3 is 2.83 bits per heavy atom. The lowest BCUT2D eigenvalue weighted by atomic mass is 10.2. The molecule has 2 saturated heterocycles. The molecule has 1 aromatic heterocycles. The number of anilines is 1. The van der Waals surface area contributed by atoms with Crippen LogP contribution in [0.4, 0.5) is 10.6 Å². The number of hydrogen-bond donors (Lipinski definition) is 2. The Kier molecular flexibility index (Phi) is 4.70. The molecule has 0 aromatic carbocycles. The van der Waals surface area contributed by atoms with Crippen LogP contribution >= 0.6 is 0 Å². The van der Waals surface area contributed by atoms with Gasteiger partial charge in [0, 0.05) is 31.9 Å². The van der Waals surface area contributed by atoms with Gasteiger partial charge in [0.1, 0.15) is 5.82 Å². The van der Waals surface area contributed by atoms with Crippen LogP contribution in [0.2, 0.25) is 0 Å². The van der Waals surface area contributed by atoms with Crippen LogP contribution in [0.3, 0.4) is 0 Å². The number of nitrogens with zero attached hydrogens (tertiary/aromatic N) is 2. The van der Waals surface area contributed by atoms with E-state index in [1.807, 2.05) is 12.1 Å². The third kappa shape index (κ3) is 4.34. The zero-order valence-electron chi connectivity index (χ0n) is 13.0. The van der Waals surface area contributed by atoms with Crippen molar-refractivity contribution in [3.05, 3.63) is 23.9 Å². The molecule has 7 nitrogen and oxygen atoms in total. The third-order valence-electron chi connectivity index (χ3n) is 4.26. The Morgan fingerprint density at radius 2 is 2.13 bits per heavy atom. The van der Waals surface area contributed by atoms with Gasteiger partial charge in [0.2, 0.25) is 0 Å². The molecular formula is C15H22N4O3S. The van der Waals surface area contributed by atoms with Crippen molar-refractivity contribution in [2.75, 3.05) is 29.5 Å². The van der Waals surface area contributed by atoms with Gasteiger partial charge >= 0.3 is 6.03 Å². The zero-order valence-corrected chi connectivity index (χ0v) is 13.8. The fraction of sp³-hybridized carbons (Fsp3) is 0.600. The summed E-state index contributed by atoms with van der Waals surface area (Å²) in [5.74, 6) is 1.14. The highest BCUT2D eigenvalue weighted by atomic mass is 32.2. The Hall–Kier alpha value is -1.83. The van der Waals surface area contributed by atoms with E-state index in [4.69, 9.17) is 0 Å². The van der Waals surface area contributed by atoms with Crippen molar-refractivity contribution in [1.82, 2.24) is 15.6 Å². The summed E-state index contributed by atoms with van der Waals surface area (Å²) in [4.78, 5) is 18.5. The molecule has 0 saturated carbocycles. The second-order valence-electron chi connectivity index (χ2n) is 6.14. The molecule has 3 rings (SSSR count). The molecule has 0 radical (unpaired) electrons. The average molecular weight is 338 g/mol. The molecule has 2 aliphatic rings. The first-order chi connectivity index (χ1) is 11.0. The van der Waals surface area contributed by atoms with E-state index < -0.39 is 9.84 Å². The smallest absolute Gasteiger partial charge is 0.315 e. The Balaban J connectivity index is 1.50. The lowest BCUT2D eigenvalue weighted by molar-refractivity contribution is 0.237. The van der Waals surface area contributed by atoms with Crippen molar-refractivity contribution in [3.8, 4) is 0 Å². The first-order valence-corrected chi connectivity index (χ1v) is 9.79. The second-order valence-corrected chi connectivity index (χ2v) is 8.37. The molecule has 2 amide bonds. The van der Waals surface area contributed by atoms with Crippen molar-refractivity contribution in [2.45, 2.75) is 31.8 Å². The third-order valence-corrected chi connectivity index (χ3v) is 6.03. The summed E-state index contributed by atoms with van der Waals surface area (Å²) in [5.41, 5.74) is 0.982. The molecule has 2 aliphatic heterocycles. The van der Waals surface area contributed by atoms with Crippen molar-refractivity contribution in [2.24, 2.45) is 0 Å². The number of sulfone groups is 1. The Labute approximate surface area is 136 Å². The summed E-state index contributed by atoms with van der Waals surface area (Å²) >= 11 is 0. The van der Waals surface area contributed by atoms with Crippen molar-refractivity contribution < 1.29 is 13.2 Å². The molecule has 3 heterocycles. The molecule has 1 atom stereocenters. The highest BCUT2D eigenvalue weighted by molar-refractivity contribution is 7.91. The van der Waals surface area contributed by atoms with E-state index in [-0.39, 0.29) is 23.6 Å². The minimum Gasteiger partial charge on any atom is -0.357 e. The van der Waals surface area contributed by atoms with Crippen LogP contribution < -0.4 is 15.5 Å². The highest BCUT2D eigenvalue weighted by Crippen LogP contribution is 2.18. The van der Waals surface area contributed by atoms with Gasteiger partial charge in [-0.3, -0.25) is 0 Å².